The third kappa shape index (κ3) is 3.34. The molecule has 6 heteroatoms. The second-order valence-corrected chi connectivity index (χ2v) is 7.82. The lowest BCUT2D eigenvalue weighted by atomic mass is 10.1. The molecule has 0 aliphatic heterocycles. The Morgan fingerprint density at radius 2 is 1.92 bits per heavy atom. The molecule has 0 unspecified atom stereocenters. The Hall–Kier alpha value is -2.18. The number of fused-ring (bicyclic) bond motifs is 1. The Morgan fingerprint density at radius 1 is 1.08 bits per heavy atom. The summed E-state index contributed by atoms with van der Waals surface area (Å²) in [4.78, 5) is 4.64. The van der Waals surface area contributed by atoms with E-state index in [1.54, 1.807) is 23.1 Å². The first kappa shape index (κ1) is 15.4. The van der Waals surface area contributed by atoms with Crippen LogP contribution in [0.2, 0.25) is 0 Å². The Labute approximate surface area is 148 Å². The lowest BCUT2D eigenvalue weighted by Crippen LogP contribution is -2.01. The lowest BCUT2D eigenvalue weighted by molar-refractivity contribution is 0.647. The molecule has 0 aliphatic rings. The van der Waals surface area contributed by atoms with Gasteiger partial charge in [0.05, 0.1) is 22.5 Å². The summed E-state index contributed by atoms with van der Waals surface area (Å²) in [6.07, 6.45) is 2.02. The van der Waals surface area contributed by atoms with E-state index in [0.29, 0.717) is 0 Å². The highest BCUT2D eigenvalue weighted by molar-refractivity contribution is 8.00. The zero-order valence-electron chi connectivity index (χ0n) is 13.2. The van der Waals surface area contributed by atoms with E-state index in [9.17, 15) is 0 Å². The van der Waals surface area contributed by atoms with Crippen LogP contribution in [0.15, 0.2) is 59.1 Å². The van der Waals surface area contributed by atoms with Crippen LogP contribution in [0.25, 0.3) is 10.2 Å². The van der Waals surface area contributed by atoms with Crippen molar-refractivity contribution in [2.24, 2.45) is 0 Å². The Morgan fingerprint density at radius 3 is 2.79 bits per heavy atom. The molecule has 0 amide bonds. The molecular formula is C18H16N4S2. The summed E-state index contributed by atoms with van der Waals surface area (Å²) in [6, 6.07) is 16.6. The maximum absolute atomic E-state index is 4.64. The van der Waals surface area contributed by atoms with E-state index in [4.69, 9.17) is 0 Å². The van der Waals surface area contributed by atoms with E-state index in [-0.39, 0.29) is 0 Å². The van der Waals surface area contributed by atoms with Crippen molar-refractivity contribution >= 4 is 33.3 Å². The van der Waals surface area contributed by atoms with Gasteiger partial charge in [0.15, 0.2) is 4.34 Å². The van der Waals surface area contributed by atoms with Crippen LogP contribution in [0.5, 0.6) is 0 Å². The topological polar surface area (TPSA) is 43.6 Å². The van der Waals surface area contributed by atoms with Gasteiger partial charge in [-0.15, -0.1) is 16.4 Å². The monoisotopic (exact) mass is 352 g/mol. The van der Waals surface area contributed by atoms with Crippen molar-refractivity contribution in [1.29, 1.82) is 0 Å². The zero-order valence-corrected chi connectivity index (χ0v) is 14.8. The van der Waals surface area contributed by atoms with Crippen LogP contribution in [0.3, 0.4) is 0 Å². The fourth-order valence-corrected chi connectivity index (χ4v) is 4.44. The minimum Gasteiger partial charge on any atom is -0.248 e. The smallest absolute Gasteiger partial charge is 0.151 e. The van der Waals surface area contributed by atoms with E-state index < -0.39 is 0 Å². The SMILES string of the molecule is Cc1ccccc1Cn1cc(CSc2nc3ccccc3s2)nn1. The highest BCUT2D eigenvalue weighted by Crippen LogP contribution is 2.30. The first-order valence-electron chi connectivity index (χ1n) is 7.70. The number of para-hydroxylation sites is 1. The van der Waals surface area contributed by atoms with Gasteiger partial charge in [-0.25, -0.2) is 9.67 Å². The van der Waals surface area contributed by atoms with Gasteiger partial charge in [0.2, 0.25) is 0 Å². The third-order valence-electron chi connectivity index (χ3n) is 3.80. The summed E-state index contributed by atoms with van der Waals surface area (Å²) < 4.78 is 4.20. The molecule has 0 bridgehead atoms. The Balaban J connectivity index is 1.42. The molecule has 0 atom stereocenters. The van der Waals surface area contributed by atoms with E-state index in [1.165, 1.54) is 15.8 Å². The summed E-state index contributed by atoms with van der Waals surface area (Å²) in [6.45, 7) is 2.88. The number of aryl methyl sites for hydroxylation is 1. The molecule has 4 nitrogen and oxygen atoms in total. The van der Waals surface area contributed by atoms with Crippen LogP contribution in [0.4, 0.5) is 0 Å². The van der Waals surface area contributed by atoms with Crippen molar-refractivity contribution in [1.82, 2.24) is 20.0 Å². The van der Waals surface area contributed by atoms with Crippen molar-refractivity contribution in [3.8, 4) is 0 Å². The van der Waals surface area contributed by atoms with Gasteiger partial charge in [-0.1, -0.05) is 53.4 Å². The fourth-order valence-electron chi connectivity index (χ4n) is 2.49. The summed E-state index contributed by atoms with van der Waals surface area (Å²) in [5, 5.41) is 8.52. The molecule has 24 heavy (non-hydrogen) atoms. The number of benzene rings is 2. The molecule has 0 fully saturated rings. The molecule has 2 aromatic carbocycles. The molecule has 4 rings (SSSR count). The fraction of sp³-hybridized carbons (Fsp3) is 0.167. The van der Waals surface area contributed by atoms with Crippen molar-refractivity contribution in [3.05, 3.63) is 71.5 Å². The number of aromatic nitrogens is 4. The van der Waals surface area contributed by atoms with Gasteiger partial charge in [-0.05, 0) is 30.2 Å². The first-order chi connectivity index (χ1) is 11.8. The van der Waals surface area contributed by atoms with Crippen molar-refractivity contribution in [2.45, 2.75) is 23.6 Å². The summed E-state index contributed by atoms with van der Waals surface area (Å²) in [5.41, 5.74) is 4.59. The predicted molar refractivity (Wildman–Crippen MR) is 99.5 cm³/mol. The molecule has 0 saturated carbocycles. The lowest BCUT2D eigenvalue weighted by Gasteiger charge is -2.04. The molecule has 0 N–H and O–H groups in total. The highest BCUT2D eigenvalue weighted by Gasteiger charge is 2.07. The molecule has 2 aromatic heterocycles. The van der Waals surface area contributed by atoms with Gasteiger partial charge in [0.25, 0.3) is 0 Å². The second kappa shape index (κ2) is 6.75. The summed E-state index contributed by atoms with van der Waals surface area (Å²) in [7, 11) is 0. The number of hydrogen-bond acceptors (Lipinski definition) is 5. The van der Waals surface area contributed by atoms with E-state index >= 15 is 0 Å². The standard InChI is InChI=1S/C18H16N4S2/c1-13-6-2-3-7-14(13)10-22-11-15(20-21-22)12-23-18-19-16-8-4-5-9-17(16)24-18/h2-9,11H,10,12H2,1H3. The number of hydrogen-bond donors (Lipinski definition) is 0. The second-order valence-electron chi connectivity index (χ2n) is 5.57. The molecular weight excluding hydrogens is 336 g/mol. The molecule has 0 saturated heterocycles. The van der Waals surface area contributed by atoms with Crippen LogP contribution in [0.1, 0.15) is 16.8 Å². The maximum atomic E-state index is 4.64. The number of thiazole rings is 1. The van der Waals surface area contributed by atoms with Crippen LogP contribution in [-0.2, 0) is 12.3 Å². The van der Waals surface area contributed by atoms with Crippen LogP contribution >= 0.6 is 23.1 Å². The average molecular weight is 352 g/mol. The minimum absolute atomic E-state index is 0.755. The summed E-state index contributed by atoms with van der Waals surface area (Å²) in [5.74, 6) is 0.785. The van der Waals surface area contributed by atoms with Crippen LogP contribution in [0, 0.1) is 6.92 Å². The van der Waals surface area contributed by atoms with Crippen molar-refractivity contribution < 1.29 is 0 Å². The number of rotatable bonds is 5. The van der Waals surface area contributed by atoms with Gasteiger partial charge < -0.3 is 0 Å². The van der Waals surface area contributed by atoms with Gasteiger partial charge in [0, 0.05) is 11.9 Å². The van der Waals surface area contributed by atoms with Crippen LogP contribution < -0.4 is 0 Å². The maximum Gasteiger partial charge on any atom is 0.151 e. The predicted octanol–water partition coefficient (Wildman–Crippen LogP) is 4.54. The highest BCUT2D eigenvalue weighted by atomic mass is 32.2. The third-order valence-corrected chi connectivity index (χ3v) is 6.01. The van der Waals surface area contributed by atoms with E-state index in [0.717, 1.165) is 27.8 Å². The summed E-state index contributed by atoms with van der Waals surface area (Å²) >= 11 is 3.44. The Kier molecular flexibility index (Phi) is 4.32. The minimum atomic E-state index is 0.755. The van der Waals surface area contributed by atoms with Crippen LogP contribution in [-0.4, -0.2) is 20.0 Å². The average Bonchev–Trinajstić information content (AvgIpc) is 3.21. The zero-order chi connectivity index (χ0) is 16.4. The molecule has 4 aromatic rings. The normalized spacial score (nSPS) is 11.2. The molecule has 0 radical (unpaired) electrons. The number of thioether (sulfide) groups is 1. The largest absolute Gasteiger partial charge is 0.248 e. The molecule has 0 aliphatic carbocycles. The molecule has 120 valence electrons. The number of nitrogens with zero attached hydrogens (tertiary/aromatic N) is 4. The van der Waals surface area contributed by atoms with Gasteiger partial charge in [0.1, 0.15) is 0 Å². The quantitative estimate of drug-likeness (QED) is 0.495. The Bertz CT molecular complexity index is 941. The van der Waals surface area contributed by atoms with Crippen molar-refractivity contribution in [3.63, 3.8) is 0 Å². The van der Waals surface area contributed by atoms with E-state index in [2.05, 4.69) is 52.6 Å². The van der Waals surface area contributed by atoms with Gasteiger partial charge in [-0.2, -0.15) is 0 Å². The van der Waals surface area contributed by atoms with Gasteiger partial charge in [-0.3, -0.25) is 0 Å². The molecule has 2 heterocycles. The van der Waals surface area contributed by atoms with E-state index in [1.807, 2.05) is 29.1 Å². The van der Waals surface area contributed by atoms with Gasteiger partial charge >= 0.3 is 0 Å². The molecule has 0 spiro atoms. The van der Waals surface area contributed by atoms with Crippen molar-refractivity contribution in [2.75, 3.05) is 0 Å². The first-order valence-corrected chi connectivity index (χ1v) is 9.50.